The molecule has 10 heteroatoms. The minimum Gasteiger partial charge on any atom is -0.454 e. The summed E-state index contributed by atoms with van der Waals surface area (Å²) in [4.78, 5) is 20.9. The number of carbonyl (C=O) groups excluding carboxylic acids is 1. The van der Waals surface area contributed by atoms with E-state index in [2.05, 4.69) is 31.2 Å². The van der Waals surface area contributed by atoms with Crippen LogP contribution < -0.4 is 20.5 Å². The SMILES string of the molecule is CC(=O)NCCn1c(Sc2cc3c(cc2Br)OCO3)nc2c(N)nccc21. The number of aromatic nitrogens is 3. The van der Waals surface area contributed by atoms with Crippen LogP contribution in [0.3, 0.4) is 0 Å². The molecule has 1 aliphatic rings. The third kappa shape index (κ3) is 3.54. The van der Waals surface area contributed by atoms with Crippen molar-refractivity contribution in [1.82, 2.24) is 19.9 Å². The molecular weight excluding hydrogens is 434 g/mol. The molecule has 0 unspecified atom stereocenters. The number of benzene rings is 1. The molecule has 0 aliphatic carbocycles. The Morgan fingerprint density at radius 2 is 2.19 bits per heavy atom. The van der Waals surface area contributed by atoms with Gasteiger partial charge in [-0.15, -0.1) is 0 Å². The fourth-order valence-electron chi connectivity index (χ4n) is 2.76. The van der Waals surface area contributed by atoms with Gasteiger partial charge in [0.2, 0.25) is 12.7 Å². The van der Waals surface area contributed by atoms with Crippen LogP contribution in [0.1, 0.15) is 6.92 Å². The first-order valence-electron chi connectivity index (χ1n) is 8.15. The van der Waals surface area contributed by atoms with Gasteiger partial charge in [0.05, 0.1) is 5.52 Å². The zero-order chi connectivity index (χ0) is 19.0. The van der Waals surface area contributed by atoms with Crippen LogP contribution in [0, 0.1) is 0 Å². The molecule has 0 atom stereocenters. The molecule has 0 radical (unpaired) electrons. The molecule has 3 aromatic rings. The maximum Gasteiger partial charge on any atom is 0.231 e. The number of rotatable bonds is 5. The second-order valence-electron chi connectivity index (χ2n) is 5.83. The average molecular weight is 450 g/mol. The molecule has 3 heterocycles. The van der Waals surface area contributed by atoms with E-state index in [1.807, 2.05) is 22.8 Å². The van der Waals surface area contributed by atoms with Gasteiger partial charge in [-0.05, 0) is 34.1 Å². The number of amides is 1. The van der Waals surface area contributed by atoms with E-state index in [0.717, 1.165) is 20.0 Å². The lowest BCUT2D eigenvalue weighted by atomic mass is 10.3. The Morgan fingerprint density at radius 3 is 2.96 bits per heavy atom. The van der Waals surface area contributed by atoms with Gasteiger partial charge in [0.1, 0.15) is 5.52 Å². The number of anilines is 1. The Labute approximate surface area is 167 Å². The van der Waals surface area contributed by atoms with Gasteiger partial charge < -0.3 is 25.1 Å². The molecule has 0 fully saturated rings. The van der Waals surface area contributed by atoms with Crippen molar-refractivity contribution in [1.29, 1.82) is 0 Å². The Balaban J connectivity index is 1.72. The number of nitrogen functional groups attached to an aromatic ring is 1. The van der Waals surface area contributed by atoms with Crippen LogP contribution >= 0.6 is 27.7 Å². The summed E-state index contributed by atoms with van der Waals surface area (Å²) in [6.45, 7) is 2.75. The van der Waals surface area contributed by atoms with E-state index >= 15 is 0 Å². The number of halogens is 1. The summed E-state index contributed by atoms with van der Waals surface area (Å²) in [7, 11) is 0. The number of nitrogens with one attached hydrogen (secondary N) is 1. The van der Waals surface area contributed by atoms with Gasteiger partial charge in [0.15, 0.2) is 22.5 Å². The average Bonchev–Trinajstić information content (AvgIpc) is 3.21. The highest BCUT2D eigenvalue weighted by Crippen LogP contribution is 2.43. The third-order valence-corrected chi connectivity index (χ3v) is 5.97. The second-order valence-corrected chi connectivity index (χ2v) is 7.69. The molecule has 27 heavy (non-hydrogen) atoms. The molecule has 8 nitrogen and oxygen atoms in total. The van der Waals surface area contributed by atoms with Crippen LogP contribution in [-0.4, -0.2) is 33.8 Å². The van der Waals surface area contributed by atoms with Crippen LogP contribution in [0.4, 0.5) is 5.82 Å². The van der Waals surface area contributed by atoms with Gasteiger partial charge in [-0.2, -0.15) is 0 Å². The second kappa shape index (κ2) is 7.28. The summed E-state index contributed by atoms with van der Waals surface area (Å²) in [5.41, 5.74) is 7.51. The van der Waals surface area contributed by atoms with E-state index in [1.165, 1.54) is 18.7 Å². The largest absolute Gasteiger partial charge is 0.454 e. The van der Waals surface area contributed by atoms with Crippen molar-refractivity contribution < 1.29 is 14.3 Å². The van der Waals surface area contributed by atoms with Crippen molar-refractivity contribution in [2.75, 3.05) is 19.1 Å². The predicted octanol–water partition coefficient (Wildman–Crippen LogP) is 2.79. The number of carbonyl (C=O) groups is 1. The number of fused-ring (bicyclic) bond motifs is 2. The normalized spacial score (nSPS) is 12.5. The number of ether oxygens (including phenoxy) is 2. The van der Waals surface area contributed by atoms with Crippen molar-refractivity contribution in [2.24, 2.45) is 0 Å². The van der Waals surface area contributed by atoms with E-state index in [1.54, 1.807) is 6.20 Å². The molecule has 0 saturated heterocycles. The monoisotopic (exact) mass is 449 g/mol. The maximum atomic E-state index is 11.2. The lowest BCUT2D eigenvalue weighted by Gasteiger charge is -2.10. The first-order valence-corrected chi connectivity index (χ1v) is 9.76. The zero-order valence-electron chi connectivity index (χ0n) is 14.4. The number of hydrogen-bond donors (Lipinski definition) is 2. The van der Waals surface area contributed by atoms with Crippen LogP contribution in [0.5, 0.6) is 11.5 Å². The molecule has 0 spiro atoms. The van der Waals surface area contributed by atoms with Gasteiger partial charge in [-0.25, -0.2) is 9.97 Å². The zero-order valence-corrected chi connectivity index (χ0v) is 16.8. The molecule has 3 N–H and O–H groups in total. The molecule has 1 aliphatic heterocycles. The Kier molecular flexibility index (Phi) is 4.83. The van der Waals surface area contributed by atoms with Crippen LogP contribution in [0.25, 0.3) is 11.0 Å². The van der Waals surface area contributed by atoms with E-state index in [4.69, 9.17) is 15.2 Å². The molecule has 140 valence electrons. The lowest BCUT2D eigenvalue weighted by Crippen LogP contribution is -2.24. The van der Waals surface area contributed by atoms with Gasteiger partial charge in [-0.1, -0.05) is 11.8 Å². The Bertz CT molecular complexity index is 1040. The fourth-order valence-corrected chi connectivity index (χ4v) is 4.28. The van der Waals surface area contributed by atoms with E-state index in [-0.39, 0.29) is 12.7 Å². The third-order valence-electron chi connectivity index (χ3n) is 4.00. The fraction of sp³-hybridized carbons (Fsp3) is 0.235. The van der Waals surface area contributed by atoms with Gasteiger partial charge >= 0.3 is 0 Å². The van der Waals surface area contributed by atoms with Crippen molar-refractivity contribution >= 4 is 50.5 Å². The number of pyridine rings is 1. The lowest BCUT2D eigenvalue weighted by molar-refractivity contribution is -0.118. The summed E-state index contributed by atoms with van der Waals surface area (Å²) in [5.74, 6) is 1.70. The van der Waals surface area contributed by atoms with Crippen molar-refractivity contribution in [2.45, 2.75) is 23.5 Å². The molecular formula is C17H16BrN5O3S. The molecule has 0 bridgehead atoms. The molecule has 0 saturated carbocycles. The van der Waals surface area contributed by atoms with Crippen molar-refractivity contribution in [3.8, 4) is 11.5 Å². The predicted molar refractivity (Wildman–Crippen MR) is 105 cm³/mol. The first kappa shape index (κ1) is 17.9. The quantitative estimate of drug-likeness (QED) is 0.616. The van der Waals surface area contributed by atoms with Gasteiger partial charge in [0, 0.05) is 35.6 Å². The Hall–Kier alpha value is -2.46. The van der Waals surface area contributed by atoms with Crippen LogP contribution in [0.15, 0.2) is 38.9 Å². The smallest absolute Gasteiger partial charge is 0.231 e. The maximum absolute atomic E-state index is 11.2. The standard InChI is InChI=1S/C17H16BrN5O3S/c1-9(24)20-4-5-23-11-2-3-21-16(19)15(11)22-17(23)27-14-7-13-12(6-10(14)18)25-8-26-13/h2-3,6-7H,4-5,8H2,1H3,(H2,19,21)(H,20,24). The summed E-state index contributed by atoms with van der Waals surface area (Å²) in [6, 6.07) is 5.66. The van der Waals surface area contributed by atoms with Gasteiger partial charge in [0.25, 0.3) is 0 Å². The minimum atomic E-state index is -0.0756. The summed E-state index contributed by atoms with van der Waals surface area (Å²) in [5, 5.41) is 3.56. The highest BCUT2D eigenvalue weighted by atomic mass is 79.9. The molecule has 1 aromatic carbocycles. The van der Waals surface area contributed by atoms with Crippen LogP contribution in [0.2, 0.25) is 0 Å². The molecule has 2 aromatic heterocycles. The number of hydrogen-bond acceptors (Lipinski definition) is 7. The summed E-state index contributed by atoms with van der Waals surface area (Å²) < 4.78 is 13.8. The first-order chi connectivity index (χ1) is 13.0. The molecule has 4 rings (SSSR count). The van der Waals surface area contributed by atoms with E-state index < -0.39 is 0 Å². The summed E-state index contributed by atoms with van der Waals surface area (Å²) in [6.07, 6.45) is 1.65. The highest BCUT2D eigenvalue weighted by Gasteiger charge is 2.20. The van der Waals surface area contributed by atoms with E-state index in [0.29, 0.717) is 35.9 Å². The Morgan fingerprint density at radius 1 is 1.41 bits per heavy atom. The molecule has 1 amide bonds. The number of nitrogens with zero attached hydrogens (tertiary/aromatic N) is 3. The summed E-state index contributed by atoms with van der Waals surface area (Å²) >= 11 is 5.05. The minimum absolute atomic E-state index is 0.0756. The van der Waals surface area contributed by atoms with E-state index in [9.17, 15) is 4.79 Å². The van der Waals surface area contributed by atoms with Crippen LogP contribution in [-0.2, 0) is 11.3 Å². The van der Waals surface area contributed by atoms with Crippen molar-refractivity contribution in [3.63, 3.8) is 0 Å². The highest BCUT2D eigenvalue weighted by molar-refractivity contribution is 9.10. The topological polar surface area (TPSA) is 104 Å². The number of nitrogens with two attached hydrogens (primary N) is 1. The number of imidazole rings is 1. The van der Waals surface area contributed by atoms with Gasteiger partial charge in [-0.3, -0.25) is 4.79 Å². The van der Waals surface area contributed by atoms with Crippen molar-refractivity contribution in [3.05, 3.63) is 28.9 Å².